The molecule has 1 rings (SSSR count). The molecule has 1 N–H and O–H groups in total. The van der Waals surface area contributed by atoms with E-state index >= 15 is 0 Å². The van der Waals surface area contributed by atoms with Crippen molar-refractivity contribution in [1.29, 1.82) is 0 Å². The van der Waals surface area contributed by atoms with Gasteiger partial charge in [-0.2, -0.15) is 0 Å². The topological polar surface area (TPSA) is 12.0 Å². The van der Waals surface area contributed by atoms with Gasteiger partial charge < -0.3 is 5.32 Å². The Morgan fingerprint density at radius 2 is 1.44 bits per heavy atom. The van der Waals surface area contributed by atoms with Crippen LogP contribution < -0.4 is 5.32 Å². The molecule has 0 aromatic carbocycles. The molecule has 0 radical (unpaired) electrons. The van der Waals surface area contributed by atoms with Crippen molar-refractivity contribution in [2.75, 3.05) is 6.54 Å². The van der Waals surface area contributed by atoms with Crippen LogP contribution in [-0.4, -0.2) is 12.6 Å². The molecular weight excluding hydrogens is 218 g/mol. The fourth-order valence-corrected chi connectivity index (χ4v) is 3.05. The van der Waals surface area contributed by atoms with Crippen LogP contribution in [0.2, 0.25) is 0 Å². The summed E-state index contributed by atoms with van der Waals surface area (Å²) in [4.78, 5) is 0. The highest BCUT2D eigenvalue weighted by Gasteiger charge is 2.10. The summed E-state index contributed by atoms with van der Waals surface area (Å²) in [6.07, 6.45) is 20.2. The Bertz CT molecular complexity index is 159. The Morgan fingerprint density at radius 3 is 2.17 bits per heavy atom. The SMILES string of the molecule is CCCCCCCCCCCC1CCCCCN1. The maximum Gasteiger partial charge on any atom is 0.00670 e. The minimum atomic E-state index is 0.844. The first-order chi connectivity index (χ1) is 8.93. The zero-order valence-electron chi connectivity index (χ0n) is 12.7. The average molecular weight is 253 g/mol. The molecular formula is C17H35N. The summed E-state index contributed by atoms with van der Waals surface area (Å²) < 4.78 is 0. The van der Waals surface area contributed by atoms with Gasteiger partial charge in [0.2, 0.25) is 0 Å². The summed E-state index contributed by atoms with van der Waals surface area (Å²) in [6.45, 7) is 3.56. The zero-order chi connectivity index (χ0) is 12.9. The van der Waals surface area contributed by atoms with Crippen LogP contribution in [-0.2, 0) is 0 Å². The van der Waals surface area contributed by atoms with Crippen LogP contribution in [0, 0.1) is 0 Å². The maximum absolute atomic E-state index is 3.71. The van der Waals surface area contributed by atoms with E-state index < -0.39 is 0 Å². The lowest BCUT2D eigenvalue weighted by atomic mass is 10.0. The maximum atomic E-state index is 3.71. The molecule has 0 aliphatic carbocycles. The minimum absolute atomic E-state index is 0.844. The third kappa shape index (κ3) is 8.97. The van der Waals surface area contributed by atoms with Crippen LogP contribution in [0.1, 0.15) is 96.8 Å². The van der Waals surface area contributed by atoms with Crippen molar-refractivity contribution >= 4 is 0 Å². The van der Waals surface area contributed by atoms with Gasteiger partial charge in [-0.05, 0) is 25.8 Å². The number of hydrogen-bond donors (Lipinski definition) is 1. The van der Waals surface area contributed by atoms with Crippen LogP contribution in [0.15, 0.2) is 0 Å². The second-order valence-corrected chi connectivity index (χ2v) is 6.12. The second-order valence-electron chi connectivity index (χ2n) is 6.12. The molecule has 1 aliphatic heterocycles. The van der Waals surface area contributed by atoms with E-state index in [1.165, 1.54) is 96.4 Å². The van der Waals surface area contributed by atoms with E-state index in [0.717, 1.165) is 6.04 Å². The van der Waals surface area contributed by atoms with E-state index in [1.54, 1.807) is 0 Å². The lowest BCUT2D eigenvalue weighted by Gasteiger charge is -2.15. The van der Waals surface area contributed by atoms with Crippen LogP contribution in [0.5, 0.6) is 0 Å². The number of unbranched alkanes of at least 4 members (excludes halogenated alkanes) is 8. The number of hydrogen-bond acceptors (Lipinski definition) is 1. The quantitative estimate of drug-likeness (QED) is 0.511. The van der Waals surface area contributed by atoms with E-state index in [-0.39, 0.29) is 0 Å². The highest BCUT2D eigenvalue weighted by molar-refractivity contribution is 4.70. The van der Waals surface area contributed by atoms with Crippen molar-refractivity contribution in [3.8, 4) is 0 Å². The lowest BCUT2D eigenvalue weighted by Crippen LogP contribution is -2.27. The fourth-order valence-electron chi connectivity index (χ4n) is 3.05. The van der Waals surface area contributed by atoms with Gasteiger partial charge in [0, 0.05) is 6.04 Å². The normalized spacial score (nSPS) is 20.8. The summed E-state index contributed by atoms with van der Waals surface area (Å²) in [7, 11) is 0. The third-order valence-electron chi connectivity index (χ3n) is 4.32. The Labute approximate surface area is 115 Å². The Morgan fingerprint density at radius 1 is 0.778 bits per heavy atom. The molecule has 0 saturated carbocycles. The molecule has 1 heterocycles. The van der Waals surface area contributed by atoms with Gasteiger partial charge in [0.05, 0.1) is 0 Å². The fraction of sp³-hybridized carbons (Fsp3) is 1.00. The summed E-state index contributed by atoms with van der Waals surface area (Å²) >= 11 is 0. The van der Waals surface area contributed by atoms with Gasteiger partial charge in [0.25, 0.3) is 0 Å². The van der Waals surface area contributed by atoms with Crippen molar-refractivity contribution in [2.24, 2.45) is 0 Å². The van der Waals surface area contributed by atoms with Crippen molar-refractivity contribution in [3.63, 3.8) is 0 Å². The van der Waals surface area contributed by atoms with E-state index in [9.17, 15) is 0 Å². The van der Waals surface area contributed by atoms with Gasteiger partial charge in [-0.15, -0.1) is 0 Å². The van der Waals surface area contributed by atoms with E-state index in [2.05, 4.69) is 12.2 Å². The zero-order valence-corrected chi connectivity index (χ0v) is 12.7. The van der Waals surface area contributed by atoms with Gasteiger partial charge in [-0.1, -0.05) is 77.6 Å². The summed E-state index contributed by atoms with van der Waals surface area (Å²) in [6, 6.07) is 0.844. The van der Waals surface area contributed by atoms with Crippen LogP contribution in [0.25, 0.3) is 0 Å². The van der Waals surface area contributed by atoms with E-state index in [4.69, 9.17) is 0 Å². The van der Waals surface area contributed by atoms with Crippen LogP contribution in [0.4, 0.5) is 0 Å². The minimum Gasteiger partial charge on any atom is -0.314 e. The lowest BCUT2D eigenvalue weighted by molar-refractivity contribution is 0.448. The van der Waals surface area contributed by atoms with Gasteiger partial charge in [-0.3, -0.25) is 0 Å². The monoisotopic (exact) mass is 253 g/mol. The standard InChI is InChI=1S/C17H35N/c1-2-3-4-5-6-7-8-9-11-14-17-15-12-10-13-16-18-17/h17-18H,2-16H2,1H3. The summed E-state index contributed by atoms with van der Waals surface area (Å²) in [5.74, 6) is 0. The number of rotatable bonds is 10. The first kappa shape index (κ1) is 16.0. The van der Waals surface area contributed by atoms with Crippen molar-refractivity contribution in [2.45, 2.75) is 103 Å². The molecule has 108 valence electrons. The first-order valence-corrected chi connectivity index (χ1v) is 8.67. The molecule has 1 unspecified atom stereocenters. The molecule has 0 aromatic heterocycles. The Kier molecular flexibility index (Phi) is 10.7. The number of nitrogens with one attached hydrogen (secondary N) is 1. The summed E-state index contributed by atoms with van der Waals surface area (Å²) in [5, 5.41) is 3.71. The third-order valence-corrected chi connectivity index (χ3v) is 4.32. The second kappa shape index (κ2) is 12.0. The Hall–Kier alpha value is -0.0400. The molecule has 1 atom stereocenters. The summed E-state index contributed by atoms with van der Waals surface area (Å²) in [5.41, 5.74) is 0. The van der Waals surface area contributed by atoms with Gasteiger partial charge >= 0.3 is 0 Å². The Balaban J connectivity index is 1.80. The smallest absolute Gasteiger partial charge is 0.00670 e. The molecule has 1 saturated heterocycles. The molecule has 18 heavy (non-hydrogen) atoms. The highest BCUT2D eigenvalue weighted by Crippen LogP contribution is 2.15. The van der Waals surface area contributed by atoms with E-state index in [1.807, 2.05) is 0 Å². The van der Waals surface area contributed by atoms with E-state index in [0.29, 0.717) is 0 Å². The van der Waals surface area contributed by atoms with Crippen LogP contribution in [0.3, 0.4) is 0 Å². The molecule has 1 fully saturated rings. The van der Waals surface area contributed by atoms with Gasteiger partial charge in [0.15, 0.2) is 0 Å². The first-order valence-electron chi connectivity index (χ1n) is 8.67. The van der Waals surface area contributed by atoms with Gasteiger partial charge in [0.1, 0.15) is 0 Å². The molecule has 0 bridgehead atoms. The molecule has 1 nitrogen and oxygen atoms in total. The highest BCUT2D eigenvalue weighted by atomic mass is 14.9. The van der Waals surface area contributed by atoms with Crippen molar-refractivity contribution in [1.82, 2.24) is 5.32 Å². The van der Waals surface area contributed by atoms with Crippen molar-refractivity contribution in [3.05, 3.63) is 0 Å². The largest absolute Gasteiger partial charge is 0.314 e. The van der Waals surface area contributed by atoms with Crippen molar-refractivity contribution < 1.29 is 0 Å². The van der Waals surface area contributed by atoms with Crippen LogP contribution >= 0.6 is 0 Å². The van der Waals surface area contributed by atoms with Gasteiger partial charge in [-0.25, -0.2) is 0 Å². The molecule has 1 aliphatic rings. The average Bonchev–Trinajstić information content (AvgIpc) is 2.65. The predicted octanol–water partition coefficient (Wildman–Crippen LogP) is 5.44. The predicted molar refractivity (Wildman–Crippen MR) is 82.1 cm³/mol. The molecule has 0 spiro atoms. The molecule has 1 heteroatoms. The molecule has 0 amide bonds. The molecule has 0 aromatic rings.